The molecule has 4 unspecified atom stereocenters. The lowest BCUT2D eigenvalue weighted by atomic mass is 9.84. The molecule has 0 aliphatic heterocycles. The number of aryl methyl sites for hydroxylation is 1. The summed E-state index contributed by atoms with van der Waals surface area (Å²) in [6.45, 7) is 2.68. The Morgan fingerprint density at radius 2 is 2.14 bits per heavy atom. The number of nitrogens with zero attached hydrogens (tertiary/aromatic N) is 1. The zero-order valence-electron chi connectivity index (χ0n) is 12.4. The minimum absolute atomic E-state index is 0.00898. The van der Waals surface area contributed by atoms with Crippen LogP contribution in [0.1, 0.15) is 32.6 Å². The normalized spacial score (nSPS) is 30.6. The van der Waals surface area contributed by atoms with Crippen molar-refractivity contribution in [3.63, 3.8) is 0 Å². The highest BCUT2D eigenvalue weighted by atomic mass is 16.2. The average molecular weight is 289 g/mol. The standard InChI is InChI=1S/C16H23N3O2/c1-2-7-19-9-12(5-6-13(19)20)18-16(21)14-10-3-4-11(8-10)15(14)17/h5-6,9-11,14-15H,2-4,7-8,17H2,1H3,(H,18,21). The topological polar surface area (TPSA) is 77.1 Å². The predicted octanol–water partition coefficient (Wildman–Crippen LogP) is 1.57. The van der Waals surface area contributed by atoms with Crippen LogP contribution in [0.3, 0.4) is 0 Å². The zero-order chi connectivity index (χ0) is 15.0. The number of anilines is 1. The molecule has 5 heteroatoms. The van der Waals surface area contributed by atoms with Crippen LogP contribution in [0.25, 0.3) is 0 Å². The van der Waals surface area contributed by atoms with Gasteiger partial charge in [0.2, 0.25) is 5.91 Å². The molecule has 2 aliphatic rings. The summed E-state index contributed by atoms with van der Waals surface area (Å²) < 4.78 is 1.64. The number of nitrogens with two attached hydrogens (primary N) is 1. The molecule has 0 spiro atoms. The molecule has 2 fully saturated rings. The van der Waals surface area contributed by atoms with Crippen molar-refractivity contribution in [2.24, 2.45) is 23.5 Å². The summed E-state index contributed by atoms with van der Waals surface area (Å²) in [4.78, 5) is 24.2. The second-order valence-corrected chi connectivity index (χ2v) is 6.38. The van der Waals surface area contributed by atoms with Crippen LogP contribution in [-0.2, 0) is 11.3 Å². The molecule has 5 nitrogen and oxygen atoms in total. The maximum Gasteiger partial charge on any atom is 0.250 e. The van der Waals surface area contributed by atoms with E-state index in [1.54, 1.807) is 16.8 Å². The number of fused-ring (bicyclic) bond motifs is 2. The van der Waals surface area contributed by atoms with E-state index in [0.717, 1.165) is 25.7 Å². The van der Waals surface area contributed by atoms with Crippen LogP contribution in [-0.4, -0.2) is 16.5 Å². The summed E-state index contributed by atoms with van der Waals surface area (Å²) in [7, 11) is 0. The number of pyridine rings is 1. The molecule has 1 aromatic heterocycles. The van der Waals surface area contributed by atoms with Gasteiger partial charge in [0.25, 0.3) is 5.56 Å². The second-order valence-electron chi connectivity index (χ2n) is 6.38. The van der Waals surface area contributed by atoms with E-state index in [-0.39, 0.29) is 23.4 Å². The number of amides is 1. The zero-order valence-corrected chi connectivity index (χ0v) is 12.4. The maximum absolute atomic E-state index is 12.5. The summed E-state index contributed by atoms with van der Waals surface area (Å²) in [6.07, 6.45) is 5.98. The van der Waals surface area contributed by atoms with E-state index < -0.39 is 0 Å². The third kappa shape index (κ3) is 2.62. The van der Waals surface area contributed by atoms with Gasteiger partial charge in [-0.05, 0) is 43.6 Å². The summed E-state index contributed by atoms with van der Waals surface area (Å²) in [5, 5.41) is 2.95. The molecule has 0 radical (unpaired) electrons. The first-order valence-electron chi connectivity index (χ1n) is 7.87. The highest BCUT2D eigenvalue weighted by Crippen LogP contribution is 2.47. The maximum atomic E-state index is 12.5. The van der Waals surface area contributed by atoms with Crippen LogP contribution >= 0.6 is 0 Å². The van der Waals surface area contributed by atoms with Gasteiger partial charge in [-0.2, -0.15) is 0 Å². The smallest absolute Gasteiger partial charge is 0.250 e. The number of hydrogen-bond acceptors (Lipinski definition) is 3. The SMILES string of the molecule is CCCn1cc(NC(=O)C2C3CCC(C3)C2N)ccc1=O. The van der Waals surface area contributed by atoms with Crippen molar-refractivity contribution in [1.29, 1.82) is 0 Å². The van der Waals surface area contributed by atoms with E-state index in [4.69, 9.17) is 5.73 Å². The van der Waals surface area contributed by atoms with Crippen LogP contribution in [0.2, 0.25) is 0 Å². The molecule has 114 valence electrons. The summed E-state index contributed by atoms with van der Waals surface area (Å²) in [5.74, 6) is 0.887. The second kappa shape index (κ2) is 5.64. The number of carbonyl (C=O) groups excluding carboxylic acids is 1. The molecule has 2 bridgehead atoms. The van der Waals surface area contributed by atoms with Gasteiger partial charge in [-0.15, -0.1) is 0 Å². The quantitative estimate of drug-likeness (QED) is 0.883. The van der Waals surface area contributed by atoms with Gasteiger partial charge in [0.1, 0.15) is 0 Å². The fourth-order valence-corrected chi connectivity index (χ4v) is 3.97. The number of hydrogen-bond donors (Lipinski definition) is 2. The van der Waals surface area contributed by atoms with Crippen molar-refractivity contribution >= 4 is 11.6 Å². The van der Waals surface area contributed by atoms with Gasteiger partial charge >= 0.3 is 0 Å². The van der Waals surface area contributed by atoms with Crippen molar-refractivity contribution in [2.75, 3.05) is 5.32 Å². The summed E-state index contributed by atoms with van der Waals surface area (Å²) >= 11 is 0. The van der Waals surface area contributed by atoms with Crippen LogP contribution < -0.4 is 16.6 Å². The van der Waals surface area contributed by atoms with E-state index in [0.29, 0.717) is 24.1 Å². The molecule has 3 N–H and O–H groups in total. The van der Waals surface area contributed by atoms with Crippen molar-refractivity contribution in [3.05, 3.63) is 28.7 Å². The van der Waals surface area contributed by atoms with Crippen molar-refractivity contribution < 1.29 is 4.79 Å². The molecular weight excluding hydrogens is 266 g/mol. The molecule has 2 aliphatic carbocycles. The Morgan fingerprint density at radius 1 is 1.38 bits per heavy atom. The fraction of sp³-hybridized carbons (Fsp3) is 0.625. The monoisotopic (exact) mass is 289 g/mol. The molecule has 4 atom stereocenters. The van der Waals surface area contributed by atoms with Gasteiger partial charge in [0.05, 0.1) is 11.6 Å². The average Bonchev–Trinajstić information content (AvgIpc) is 3.03. The Kier molecular flexibility index (Phi) is 3.85. The Hall–Kier alpha value is -1.62. The van der Waals surface area contributed by atoms with Crippen LogP contribution in [0.15, 0.2) is 23.1 Å². The lowest BCUT2D eigenvalue weighted by Crippen LogP contribution is -2.42. The van der Waals surface area contributed by atoms with Crippen LogP contribution in [0, 0.1) is 17.8 Å². The number of carbonyl (C=O) groups is 1. The Balaban J connectivity index is 1.73. The Bertz CT molecular complexity index is 593. The first kappa shape index (κ1) is 14.3. The molecule has 0 saturated heterocycles. The van der Waals surface area contributed by atoms with E-state index in [9.17, 15) is 9.59 Å². The highest BCUT2D eigenvalue weighted by molar-refractivity contribution is 5.93. The lowest BCUT2D eigenvalue weighted by molar-refractivity contribution is -0.121. The van der Waals surface area contributed by atoms with E-state index >= 15 is 0 Å². The number of aromatic nitrogens is 1. The van der Waals surface area contributed by atoms with Gasteiger partial charge in [-0.25, -0.2) is 0 Å². The van der Waals surface area contributed by atoms with Gasteiger partial charge in [-0.3, -0.25) is 9.59 Å². The lowest BCUT2D eigenvalue weighted by Gasteiger charge is -2.27. The third-order valence-corrected chi connectivity index (χ3v) is 5.00. The summed E-state index contributed by atoms with van der Waals surface area (Å²) in [6, 6.07) is 3.17. The highest BCUT2D eigenvalue weighted by Gasteiger charge is 2.49. The molecule has 0 aromatic carbocycles. The largest absolute Gasteiger partial charge is 0.327 e. The number of rotatable bonds is 4. The summed E-state index contributed by atoms with van der Waals surface area (Å²) in [5.41, 5.74) is 6.85. The molecule has 2 saturated carbocycles. The van der Waals surface area contributed by atoms with Gasteiger partial charge in [0.15, 0.2) is 0 Å². The first-order valence-corrected chi connectivity index (χ1v) is 7.87. The molecule has 1 amide bonds. The van der Waals surface area contributed by atoms with Gasteiger partial charge < -0.3 is 15.6 Å². The molecule has 1 aromatic rings. The van der Waals surface area contributed by atoms with Crippen molar-refractivity contribution in [1.82, 2.24) is 4.57 Å². The van der Waals surface area contributed by atoms with Gasteiger partial charge in [-0.1, -0.05) is 6.92 Å². The van der Waals surface area contributed by atoms with E-state index in [1.165, 1.54) is 6.07 Å². The van der Waals surface area contributed by atoms with Gasteiger partial charge in [0, 0.05) is 24.8 Å². The van der Waals surface area contributed by atoms with Crippen molar-refractivity contribution in [3.8, 4) is 0 Å². The molecular formula is C16H23N3O2. The number of nitrogens with one attached hydrogen (secondary N) is 1. The Morgan fingerprint density at radius 3 is 2.81 bits per heavy atom. The minimum atomic E-state index is -0.0738. The molecule has 21 heavy (non-hydrogen) atoms. The Labute approximate surface area is 124 Å². The van der Waals surface area contributed by atoms with Crippen LogP contribution in [0.4, 0.5) is 5.69 Å². The molecule has 3 rings (SSSR count). The third-order valence-electron chi connectivity index (χ3n) is 5.00. The minimum Gasteiger partial charge on any atom is -0.327 e. The molecule has 1 heterocycles. The van der Waals surface area contributed by atoms with Crippen LogP contribution in [0.5, 0.6) is 0 Å². The first-order chi connectivity index (χ1) is 10.1. The van der Waals surface area contributed by atoms with E-state index in [1.807, 2.05) is 6.92 Å². The predicted molar refractivity (Wildman–Crippen MR) is 81.9 cm³/mol. The van der Waals surface area contributed by atoms with Crippen molar-refractivity contribution in [2.45, 2.75) is 45.2 Å². The van der Waals surface area contributed by atoms with E-state index in [2.05, 4.69) is 5.32 Å². The fourth-order valence-electron chi connectivity index (χ4n) is 3.97.